The number of hydrogen-bond donors (Lipinski definition) is 1. The number of carbonyl (C=O) groups excluding carboxylic acids is 2. The van der Waals surface area contributed by atoms with Gasteiger partial charge in [0.25, 0.3) is 5.91 Å². The van der Waals surface area contributed by atoms with Gasteiger partial charge in [-0.1, -0.05) is 0 Å². The molecule has 1 aliphatic rings. The molecule has 0 spiro atoms. The second-order valence-corrected chi connectivity index (χ2v) is 4.17. The van der Waals surface area contributed by atoms with E-state index in [-0.39, 0.29) is 19.4 Å². The molecule has 1 atom stereocenters. The zero-order valence-corrected chi connectivity index (χ0v) is 9.81. The van der Waals surface area contributed by atoms with Gasteiger partial charge in [0.05, 0.1) is 5.92 Å². The topological polar surface area (TPSA) is 74.7 Å². The van der Waals surface area contributed by atoms with Crippen LogP contribution in [0.2, 0.25) is 0 Å². The number of alkyl halides is 3. The maximum atomic E-state index is 12.5. The zero-order valence-electron chi connectivity index (χ0n) is 9.81. The van der Waals surface area contributed by atoms with E-state index in [1.807, 2.05) is 0 Å². The SMILES string of the molecule is O=C(O)/C=C/C(=O)C(=O)N1CCC[C@H](C(F)(F)F)C1. The van der Waals surface area contributed by atoms with E-state index in [9.17, 15) is 27.6 Å². The lowest BCUT2D eigenvalue weighted by Gasteiger charge is -2.33. The molecule has 0 aromatic heterocycles. The highest BCUT2D eigenvalue weighted by Gasteiger charge is 2.43. The molecule has 1 rings (SSSR count). The summed E-state index contributed by atoms with van der Waals surface area (Å²) in [5, 5.41) is 8.29. The normalized spacial score (nSPS) is 20.6. The Hall–Kier alpha value is -1.86. The number of likely N-dealkylation sites (tertiary alicyclic amines) is 1. The molecule has 5 nitrogen and oxygen atoms in total. The molecule has 1 heterocycles. The van der Waals surface area contributed by atoms with E-state index in [2.05, 4.69) is 0 Å². The first-order valence-electron chi connectivity index (χ1n) is 5.52. The fraction of sp³-hybridized carbons (Fsp3) is 0.545. The molecule has 1 N–H and O–H groups in total. The zero-order chi connectivity index (χ0) is 14.6. The van der Waals surface area contributed by atoms with E-state index in [1.54, 1.807) is 0 Å². The molecule has 1 saturated heterocycles. The van der Waals surface area contributed by atoms with Crippen molar-refractivity contribution in [3.63, 3.8) is 0 Å². The van der Waals surface area contributed by atoms with Gasteiger partial charge in [-0.3, -0.25) is 9.59 Å². The first-order valence-corrected chi connectivity index (χ1v) is 5.52. The number of carbonyl (C=O) groups is 3. The van der Waals surface area contributed by atoms with Gasteiger partial charge in [0.15, 0.2) is 0 Å². The fourth-order valence-corrected chi connectivity index (χ4v) is 1.80. The van der Waals surface area contributed by atoms with Gasteiger partial charge in [0.1, 0.15) is 0 Å². The molecule has 0 unspecified atom stereocenters. The maximum Gasteiger partial charge on any atom is 0.393 e. The average Bonchev–Trinajstić information content (AvgIpc) is 2.34. The number of rotatable bonds is 3. The quantitative estimate of drug-likeness (QED) is 0.617. The molecular formula is C11H12F3NO4. The summed E-state index contributed by atoms with van der Waals surface area (Å²) in [7, 11) is 0. The summed E-state index contributed by atoms with van der Waals surface area (Å²) in [6.45, 7) is -0.493. The molecule has 8 heteroatoms. The van der Waals surface area contributed by atoms with Gasteiger partial charge in [-0.05, 0) is 18.9 Å². The van der Waals surface area contributed by atoms with Gasteiger partial charge >= 0.3 is 12.1 Å². The van der Waals surface area contributed by atoms with Gasteiger partial charge < -0.3 is 10.0 Å². The second kappa shape index (κ2) is 5.85. The number of carboxylic acids is 1. The highest BCUT2D eigenvalue weighted by molar-refractivity contribution is 6.40. The molecule has 0 radical (unpaired) electrons. The molecule has 0 saturated carbocycles. The summed E-state index contributed by atoms with van der Waals surface area (Å²) in [5.41, 5.74) is 0. The van der Waals surface area contributed by atoms with Crippen molar-refractivity contribution < 1.29 is 32.7 Å². The van der Waals surface area contributed by atoms with Crippen LogP contribution in [0.4, 0.5) is 13.2 Å². The summed E-state index contributed by atoms with van der Waals surface area (Å²) in [6, 6.07) is 0. The minimum Gasteiger partial charge on any atom is -0.478 e. The van der Waals surface area contributed by atoms with Crippen molar-refractivity contribution in [2.75, 3.05) is 13.1 Å². The highest BCUT2D eigenvalue weighted by Crippen LogP contribution is 2.33. The Bertz CT molecular complexity index is 417. The van der Waals surface area contributed by atoms with Gasteiger partial charge in [-0.2, -0.15) is 13.2 Å². The summed E-state index contributed by atoms with van der Waals surface area (Å²) in [6.07, 6.45) is -3.30. The van der Waals surface area contributed by atoms with Gasteiger partial charge in [0, 0.05) is 19.2 Å². The summed E-state index contributed by atoms with van der Waals surface area (Å²) >= 11 is 0. The van der Waals surface area contributed by atoms with Crippen LogP contribution in [0.3, 0.4) is 0 Å². The molecule has 1 amide bonds. The Morgan fingerprint density at radius 3 is 2.37 bits per heavy atom. The van der Waals surface area contributed by atoms with Gasteiger partial charge in [0.2, 0.25) is 5.78 Å². The lowest BCUT2D eigenvalue weighted by Crippen LogP contribution is -2.46. The fourth-order valence-electron chi connectivity index (χ4n) is 1.80. The highest BCUT2D eigenvalue weighted by atomic mass is 19.4. The Labute approximate surface area is 106 Å². The molecule has 1 fully saturated rings. The number of carboxylic acid groups (broad SMARTS) is 1. The van der Waals surface area contributed by atoms with E-state index < -0.39 is 36.3 Å². The predicted octanol–water partition coefficient (Wildman–Crippen LogP) is 0.997. The van der Waals surface area contributed by atoms with Crippen LogP contribution < -0.4 is 0 Å². The van der Waals surface area contributed by atoms with Crippen molar-refractivity contribution in [2.45, 2.75) is 19.0 Å². The van der Waals surface area contributed by atoms with Gasteiger partial charge in [-0.25, -0.2) is 4.79 Å². The molecule has 1 aliphatic heterocycles. The molecule has 106 valence electrons. The van der Waals surface area contributed by atoms with Crippen molar-refractivity contribution in [1.29, 1.82) is 0 Å². The van der Waals surface area contributed by atoms with E-state index in [0.29, 0.717) is 12.2 Å². The summed E-state index contributed by atoms with van der Waals surface area (Å²) in [4.78, 5) is 33.8. The predicted molar refractivity (Wildman–Crippen MR) is 57.1 cm³/mol. The second-order valence-electron chi connectivity index (χ2n) is 4.17. The van der Waals surface area contributed by atoms with Crippen LogP contribution in [-0.2, 0) is 14.4 Å². The minimum absolute atomic E-state index is 0.0675. The largest absolute Gasteiger partial charge is 0.478 e. The Kier molecular flexibility index (Phi) is 4.68. The Balaban J connectivity index is 2.67. The molecule has 0 aliphatic carbocycles. The van der Waals surface area contributed by atoms with E-state index in [4.69, 9.17) is 5.11 Å². The number of hydrogen-bond acceptors (Lipinski definition) is 3. The van der Waals surface area contributed by atoms with Crippen LogP contribution in [0.5, 0.6) is 0 Å². The van der Waals surface area contributed by atoms with Crippen molar-refractivity contribution in [3.05, 3.63) is 12.2 Å². The molecule has 0 aromatic rings. The third-order valence-electron chi connectivity index (χ3n) is 2.76. The molecule has 0 aromatic carbocycles. The number of piperidine rings is 1. The average molecular weight is 279 g/mol. The van der Waals surface area contributed by atoms with Crippen LogP contribution in [-0.4, -0.2) is 46.9 Å². The lowest BCUT2D eigenvalue weighted by molar-refractivity contribution is -0.188. The van der Waals surface area contributed by atoms with Crippen LogP contribution in [0, 0.1) is 5.92 Å². The molecular weight excluding hydrogens is 267 g/mol. The third kappa shape index (κ3) is 4.38. The number of nitrogens with zero attached hydrogens (tertiary/aromatic N) is 1. The van der Waals surface area contributed by atoms with E-state index in [1.165, 1.54) is 0 Å². The summed E-state index contributed by atoms with van der Waals surface area (Å²) in [5.74, 6) is -5.29. The van der Waals surface area contributed by atoms with E-state index >= 15 is 0 Å². The van der Waals surface area contributed by atoms with Crippen molar-refractivity contribution in [1.82, 2.24) is 4.90 Å². The minimum atomic E-state index is -4.40. The first-order chi connectivity index (χ1) is 8.71. The van der Waals surface area contributed by atoms with Gasteiger partial charge in [-0.15, -0.1) is 0 Å². The monoisotopic (exact) mass is 279 g/mol. The number of halogens is 3. The van der Waals surface area contributed by atoms with Crippen molar-refractivity contribution in [3.8, 4) is 0 Å². The Morgan fingerprint density at radius 1 is 1.21 bits per heavy atom. The van der Waals surface area contributed by atoms with Crippen LogP contribution in [0.15, 0.2) is 12.2 Å². The smallest absolute Gasteiger partial charge is 0.393 e. The van der Waals surface area contributed by atoms with Crippen molar-refractivity contribution >= 4 is 17.7 Å². The van der Waals surface area contributed by atoms with Crippen LogP contribution in [0.1, 0.15) is 12.8 Å². The number of amides is 1. The Morgan fingerprint density at radius 2 is 1.84 bits per heavy atom. The lowest BCUT2D eigenvalue weighted by atomic mass is 9.97. The maximum absolute atomic E-state index is 12.5. The summed E-state index contributed by atoms with van der Waals surface area (Å²) < 4.78 is 37.6. The van der Waals surface area contributed by atoms with E-state index in [0.717, 1.165) is 4.90 Å². The van der Waals surface area contributed by atoms with Crippen LogP contribution in [0.25, 0.3) is 0 Å². The third-order valence-corrected chi connectivity index (χ3v) is 2.76. The van der Waals surface area contributed by atoms with Crippen molar-refractivity contribution in [2.24, 2.45) is 5.92 Å². The molecule has 19 heavy (non-hydrogen) atoms. The standard InChI is InChI=1S/C11H12F3NO4/c12-11(13,14)7-2-1-5-15(6-7)10(19)8(16)3-4-9(17)18/h3-4,7H,1-2,5-6H2,(H,17,18)/b4-3+/t7-/m0/s1. The van der Waals surface area contributed by atoms with Crippen LogP contribution >= 0.6 is 0 Å². The number of ketones is 1. The number of aliphatic carboxylic acids is 1. The molecule has 0 bridgehead atoms. The first kappa shape index (κ1) is 15.2.